The minimum absolute atomic E-state index is 0.0186. The van der Waals surface area contributed by atoms with Crippen LogP contribution in [0.25, 0.3) is 0 Å². The highest BCUT2D eigenvalue weighted by Crippen LogP contribution is 2.23. The van der Waals surface area contributed by atoms with Gasteiger partial charge in [0.05, 0.1) is 6.26 Å². The Morgan fingerprint density at radius 3 is 2.44 bits per heavy atom. The molecule has 8 nitrogen and oxygen atoms in total. The van der Waals surface area contributed by atoms with Gasteiger partial charge in [0, 0.05) is 38.1 Å². The van der Waals surface area contributed by atoms with Crippen molar-refractivity contribution in [2.45, 2.75) is 52.2 Å². The number of hydrogen-bond acceptors (Lipinski definition) is 6. The Balaban J connectivity index is 1.57. The molecule has 2 aromatic carbocycles. The minimum Gasteiger partial charge on any atom is -0.483 e. The fourth-order valence-corrected chi connectivity index (χ4v) is 4.88. The van der Waals surface area contributed by atoms with Crippen LogP contribution in [0.3, 0.4) is 0 Å². The molecule has 1 saturated heterocycles. The predicted octanol–water partition coefficient (Wildman–Crippen LogP) is 2.64. The van der Waals surface area contributed by atoms with Crippen molar-refractivity contribution in [3.05, 3.63) is 65.0 Å². The number of carbonyl (C=O) groups excluding carboxylic acids is 2. The summed E-state index contributed by atoms with van der Waals surface area (Å²) >= 11 is 0. The van der Waals surface area contributed by atoms with Gasteiger partial charge < -0.3 is 9.64 Å². The van der Waals surface area contributed by atoms with Gasteiger partial charge in [-0.3, -0.25) is 19.2 Å². The lowest BCUT2D eigenvalue weighted by Crippen LogP contribution is -2.58. The Labute approximate surface area is 212 Å². The van der Waals surface area contributed by atoms with Crippen LogP contribution >= 0.6 is 0 Å². The first-order chi connectivity index (χ1) is 16.9. The van der Waals surface area contributed by atoms with Crippen LogP contribution < -0.4 is 9.46 Å². The molecule has 0 spiro atoms. The van der Waals surface area contributed by atoms with Crippen molar-refractivity contribution in [3.63, 3.8) is 0 Å². The zero-order valence-electron chi connectivity index (χ0n) is 21.2. The molecule has 1 aliphatic rings. The van der Waals surface area contributed by atoms with E-state index < -0.39 is 15.9 Å². The summed E-state index contributed by atoms with van der Waals surface area (Å²) in [6.45, 7) is 7.76. The number of carbonyl (C=O) groups is 2. The molecule has 2 aromatic rings. The molecule has 2 unspecified atom stereocenters. The van der Waals surface area contributed by atoms with Crippen LogP contribution in [0.4, 0.5) is 4.39 Å². The van der Waals surface area contributed by atoms with Crippen LogP contribution in [0, 0.1) is 12.7 Å². The van der Waals surface area contributed by atoms with Gasteiger partial charge >= 0.3 is 0 Å². The predicted molar refractivity (Wildman–Crippen MR) is 135 cm³/mol. The smallest absolute Gasteiger partial charge is 0.260 e. The molecule has 2 atom stereocenters. The van der Waals surface area contributed by atoms with Gasteiger partial charge in [-0.2, -0.15) is 0 Å². The third kappa shape index (κ3) is 8.03. The number of ether oxygens (including phenoxy) is 1. The van der Waals surface area contributed by atoms with E-state index in [9.17, 15) is 22.4 Å². The number of aryl methyl sites for hydroxylation is 2. The molecule has 1 heterocycles. The summed E-state index contributed by atoms with van der Waals surface area (Å²) in [6.07, 6.45) is 1.19. The quantitative estimate of drug-likeness (QED) is 0.547. The second-order valence-electron chi connectivity index (χ2n) is 9.50. The molecule has 0 radical (unpaired) electrons. The number of benzene rings is 2. The van der Waals surface area contributed by atoms with Crippen LogP contribution in [0.1, 0.15) is 37.0 Å². The molecule has 2 amide bonds. The van der Waals surface area contributed by atoms with Crippen molar-refractivity contribution in [2.24, 2.45) is 0 Å². The molecule has 3 rings (SSSR count). The van der Waals surface area contributed by atoms with Crippen LogP contribution in [-0.4, -0.2) is 68.1 Å². The SMILES string of the molecule is Cc1ccc(OCC(=O)N2CC(C)N(Cc3ccc(F)cc3)CC2C)c(CCC(=O)NS(C)(=O)=O)c1. The van der Waals surface area contributed by atoms with E-state index >= 15 is 0 Å². The average Bonchev–Trinajstić information content (AvgIpc) is 2.79. The third-order valence-corrected chi connectivity index (χ3v) is 6.82. The van der Waals surface area contributed by atoms with Crippen LogP contribution in [0.2, 0.25) is 0 Å². The van der Waals surface area contributed by atoms with E-state index in [-0.39, 0.29) is 43.3 Å². The zero-order valence-corrected chi connectivity index (χ0v) is 22.0. The first-order valence-corrected chi connectivity index (χ1v) is 13.8. The van der Waals surface area contributed by atoms with Crippen LogP contribution in [0.5, 0.6) is 5.75 Å². The third-order valence-electron chi connectivity index (χ3n) is 6.22. The lowest BCUT2D eigenvalue weighted by molar-refractivity contribution is -0.139. The van der Waals surface area contributed by atoms with E-state index in [1.807, 2.05) is 35.6 Å². The molecular formula is C26H34FN3O5S. The molecular weight excluding hydrogens is 485 g/mol. The number of rotatable bonds is 9. The van der Waals surface area contributed by atoms with Crippen molar-refractivity contribution in [1.82, 2.24) is 14.5 Å². The van der Waals surface area contributed by atoms with Crippen molar-refractivity contribution in [1.29, 1.82) is 0 Å². The summed E-state index contributed by atoms with van der Waals surface area (Å²) in [4.78, 5) is 29.1. The normalized spacial score (nSPS) is 18.6. The molecule has 0 bridgehead atoms. The maximum Gasteiger partial charge on any atom is 0.260 e. The fourth-order valence-electron chi connectivity index (χ4n) is 4.36. The Kier molecular flexibility index (Phi) is 9.08. The zero-order chi connectivity index (χ0) is 26.5. The molecule has 196 valence electrons. The average molecular weight is 520 g/mol. The molecule has 10 heteroatoms. The van der Waals surface area contributed by atoms with E-state index in [2.05, 4.69) is 11.8 Å². The minimum atomic E-state index is -3.61. The summed E-state index contributed by atoms with van der Waals surface area (Å²) in [5, 5.41) is 0. The summed E-state index contributed by atoms with van der Waals surface area (Å²) in [7, 11) is -3.61. The van der Waals surface area contributed by atoms with Gasteiger partial charge in [0.25, 0.3) is 5.91 Å². The Hall–Kier alpha value is -2.98. The van der Waals surface area contributed by atoms with Gasteiger partial charge in [-0.15, -0.1) is 0 Å². The van der Waals surface area contributed by atoms with E-state index in [0.717, 1.165) is 22.9 Å². The summed E-state index contributed by atoms with van der Waals surface area (Å²) in [5.41, 5.74) is 2.72. The highest BCUT2D eigenvalue weighted by atomic mass is 32.2. The van der Waals surface area contributed by atoms with Gasteiger partial charge in [-0.25, -0.2) is 12.8 Å². The molecule has 1 fully saturated rings. The van der Waals surface area contributed by atoms with E-state index in [4.69, 9.17) is 4.74 Å². The first kappa shape index (κ1) is 27.6. The second-order valence-corrected chi connectivity index (χ2v) is 11.2. The number of amides is 2. The maximum atomic E-state index is 13.2. The molecule has 0 saturated carbocycles. The number of piperazine rings is 1. The van der Waals surface area contributed by atoms with Crippen molar-refractivity contribution in [3.8, 4) is 5.75 Å². The number of halogens is 1. The van der Waals surface area contributed by atoms with Gasteiger partial charge in [0.1, 0.15) is 11.6 Å². The second kappa shape index (κ2) is 11.8. The number of sulfonamides is 1. The topological polar surface area (TPSA) is 96.0 Å². The maximum absolute atomic E-state index is 13.2. The van der Waals surface area contributed by atoms with E-state index in [1.165, 1.54) is 12.1 Å². The van der Waals surface area contributed by atoms with Gasteiger partial charge in [0.2, 0.25) is 15.9 Å². The van der Waals surface area contributed by atoms with Crippen molar-refractivity contribution in [2.75, 3.05) is 26.0 Å². The lowest BCUT2D eigenvalue weighted by Gasteiger charge is -2.44. The highest BCUT2D eigenvalue weighted by molar-refractivity contribution is 7.89. The Bertz CT molecular complexity index is 1190. The van der Waals surface area contributed by atoms with Crippen molar-refractivity contribution >= 4 is 21.8 Å². The molecule has 1 N–H and O–H groups in total. The largest absolute Gasteiger partial charge is 0.483 e. The van der Waals surface area contributed by atoms with Gasteiger partial charge in [0.15, 0.2) is 6.61 Å². The van der Waals surface area contributed by atoms with Gasteiger partial charge in [-0.1, -0.05) is 29.8 Å². The summed E-state index contributed by atoms with van der Waals surface area (Å²) in [5.74, 6) is -0.485. The molecule has 1 aliphatic heterocycles. The lowest BCUT2D eigenvalue weighted by atomic mass is 10.1. The molecule has 36 heavy (non-hydrogen) atoms. The number of nitrogens with one attached hydrogen (secondary N) is 1. The first-order valence-electron chi connectivity index (χ1n) is 11.9. The standard InChI is InChI=1S/C26H34FN3O5S/c1-18-5-11-24(22(13-18)8-12-25(31)28-36(4,33)34)35-17-26(32)30-15-19(2)29(14-20(30)3)16-21-6-9-23(27)10-7-21/h5-7,9-11,13,19-20H,8,12,14-17H2,1-4H3,(H,28,31). The van der Waals surface area contributed by atoms with Crippen molar-refractivity contribution < 1.29 is 27.1 Å². The van der Waals surface area contributed by atoms with Crippen LogP contribution in [0.15, 0.2) is 42.5 Å². The Morgan fingerprint density at radius 2 is 1.78 bits per heavy atom. The number of hydrogen-bond donors (Lipinski definition) is 1. The number of nitrogens with zero attached hydrogens (tertiary/aromatic N) is 2. The summed E-state index contributed by atoms with van der Waals surface area (Å²) in [6, 6.07) is 12.1. The Morgan fingerprint density at radius 1 is 1.08 bits per heavy atom. The summed E-state index contributed by atoms with van der Waals surface area (Å²) < 4.78 is 43.6. The highest BCUT2D eigenvalue weighted by Gasteiger charge is 2.32. The fraction of sp³-hybridized carbons (Fsp3) is 0.462. The van der Waals surface area contributed by atoms with Crippen LogP contribution in [-0.2, 0) is 32.6 Å². The monoisotopic (exact) mass is 519 g/mol. The van der Waals surface area contributed by atoms with E-state index in [0.29, 0.717) is 25.4 Å². The molecule has 0 aliphatic carbocycles. The molecule has 0 aromatic heterocycles. The van der Waals surface area contributed by atoms with E-state index in [1.54, 1.807) is 18.2 Å². The van der Waals surface area contributed by atoms with Gasteiger partial charge in [-0.05, 0) is 56.5 Å².